The molecule has 2 atom stereocenters. The summed E-state index contributed by atoms with van der Waals surface area (Å²) in [5.74, 6) is -2.11. The number of fused-ring (bicyclic) bond motifs is 4. The quantitative estimate of drug-likeness (QED) is 0.169. The van der Waals surface area contributed by atoms with E-state index in [-0.39, 0.29) is 26.4 Å². The molecule has 8 heteroatoms. The Morgan fingerprint density at radius 1 is 0.558 bits per heavy atom. The smallest absolute Gasteiger partial charge is 0.336 e. The Bertz CT molecular complexity index is 1760. The van der Waals surface area contributed by atoms with Crippen molar-refractivity contribution in [3.05, 3.63) is 167 Å². The Hall–Kier alpha value is -5.18. The van der Waals surface area contributed by atoms with Gasteiger partial charge in [0, 0.05) is 48.2 Å². The van der Waals surface area contributed by atoms with E-state index in [0.717, 1.165) is 22.3 Å². The monoisotopic (exact) mass is 698 g/mol. The summed E-state index contributed by atoms with van der Waals surface area (Å²) >= 11 is 0. The van der Waals surface area contributed by atoms with Gasteiger partial charge < -0.3 is 29.5 Å². The summed E-state index contributed by atoms with van der Waals surface area (Å²) in [4.78, 5) is 32.6. The van der Waals surface area contributed by atoms with Gasteiger partial charge in [0.1, 0.15) is 0 Å². The van der Waals surface area contributed by atoms with Gasteiger partial charge in [-0.2, -0.15) is 0 Å². The minimum absolute atomic E-state index is 0.192. The second kappa shape index (κ2) is 14.8. The molecular weight excluding hydrogens is 652 g/mol. The van der Waals surface area contributed by atoms with Crippen molar-refractivity contribution in [1.29, 1.82) is 0 Å². The molecule has 4 aromatic carbocycles. The van der Waals surface area contributed by atoms with Crippen LogP contribution in [0.1, 0.15) is 47.9 Å². The standard InChI is InChI=1S/C44H46N2O6/c1-3-51-39(49)35-27-45(25-31-17-9-5-10-18-31)41-43(29-47,37(35)33-21-13-7-14-22-33)42-44(41,30-48)38(34-23-15-8-16-24-34)36(40(50)52-4-2)28-46(42)26-32-19-11-6-12-20-32/h5-24,27-28,37-38,41-42,47-48H,3-4,25-26,29-30H2,1-2H3/t37-,38-,41?,42?,43?,44?/m0/s1. The van der Waals surface area contributed by atoms with Gasteiger partial charge in [-0.05, 0) is 36.1 Å². The molecule has 2 N–H and O–H groups in total. The highest BCUT2D eigenvalue weighted by Crippen LogP contribution is 2.74. The fourth-order valence-corrected chi connectivity index (χ4v) is 9.74. The highest BCUT2D eigenvalue weighted by atomic mass is 16.5. The van der Waals surface area contributed by atoms with Gasteiger partial charge in [0.25, 0.3) is 0 Å². The normalized spacial score (nSPS) is 26.2. The summed E-state index contributed by atoms with van der Waals surface area (Å²) in [6, 6.07) is 38.5. The van der Waals surface area contributed by atoms with Crippen LogP contribution in [-0.2, 0) is 32.2 Å². The minimum atomic E-state index is -1.05. The third-order valence-corrected chi connectivity index (χ3v) is 11.3. The topological polar surface area (TPSA) is 99.5 Å². The highest BCUT2D eigenvalue weighted by Gasteiger charge is 2.81. The van der Waals surface area contributed by atoms with Crippen molar-refractivity contribution in [2.24, 2.45) is 10.8 Å². The highest BCUT2D eigenvalue weighted by molar-refractivity contribution is 5.92. The maximum Gasteiger partial charge on any atom is 0.336 e. The van der Waals surface area contributed by atoms with Gasteiger partial charge in [-0.1, -0.05) is 121 Å². The van der Waals surface area contributed by atoms with E-state index in [1.165, 1.54) is 0 Å². The van der Waals surface area contributed by atoms with Crippen molar-refractivity contribution in [1.82, 2.24) is 9.80 Å². The van der Waals surface area contributed by atoms with E-state index >= 15 is 0 Å². The van der Waals surface area contributed by atoms with E-state index in [1.54, 1.807) is 13.8 Å². The molecular formula is C44H46N2O6. The number of rotatable bonds is 12. The molecule has 0 radical (unpaired) electrons. The van der Waals surface area contributed by atoms with Crippen LogP contribution in [-0.4, -0.2) is 70.5 Å². The maximum atomic E-state index is 14.2. The maximum absolute atomic E-state index is 14.2. The number of benzene rings is 4. The lowest BCUT2D eigenvalue weighted by Crippen LogP contribution is -2.86. The molecule has 3 aliphatic rings. The Morgan fingerprint density at radius 3 is 1.19 bits per heavy atom. The Labute approximate surface area is 305 Å². The van der Waals surface area contributed by atoms with Crippen LogP contribution < -0.4 is 0 Å². The Balaban J connectivity index is 1.56. The second-order valence-corrected chi connectivity index (χ2v) is 14.0. The summed E-state index contributed by atoms with van der Waals surface area (Å²) in [7, 11) is 0. The van der Waals surface area contributed by atoms with Crippen LogP contribution in [0.5, 0.6) is 0 Å². The van der Waals surface area contributed by atoms with Crippen LogP contribution in [0.15, 0.2) is 145 Å². The number of carbonyl (C=O) groups is 2. The third kappa shape index (κ3) is 5.71. The molecule has 0 aromatic heterocycles. The molecule has 0 amide bonds. The molecule has 1 saturated carbocycles. The van der Waals surface area contributed by atoms with E-state index in [1.807, 2.05) is 134 Å². The third-order valence-electron chi connectivity index (χ3n) is 11.3. The average Bonchev–Trinajstić information content (AvgIpc) is 3.17. The molecule has 52 heavy (non-hydrogen) atoms. The minimum Gasteiger partial charge on any atom is -0.463 e. The molecule has 2 heterocycles. The number of aliphatic hydroxyl groups is 2. The molecule has 1 fully saturated rings. The predicted molar refractivity (Wildman–Crippen MR) is 198 cm³/mol. The number of hydrogen-bond donors (Lipinski definition) is 2. The first-order chi connectivity index (χ1) is 25.4. The molecule has 0 saturated heterocycles. The summed E-state index contributed by atoms with van der Waals surface area (Å²) in [5, 5.41) is 24.3. The predicted octanol–water partition coefficient (Wildman–Crippen LogP) is 6.19. The van der Waals surface area contributed by atoms with Crippen LogP contribution in [0.3, 0.4) is 0 Å². The van der Waals surface area contributed by atoms with Crippen molar-refractivity contribution >= 4 is 11.9 Å². The Morgan fingerprint density at radius 2 is 0.885 bits per heavy atom. The van der Waals surface area contributed by atoms with Crippen molar-refractivity contribution in [3.8, 4) is 0 Å². The van der Waals surface area contributed by atoms with Gasteiger partial charge in [-0.15, -0.1) is 0 Å². The van der Waals surface area contributed by atoms with Gasteiger partial charge in [-0.25, -0.2) is 9.59 Å². The van der Waals surface area contributed by atoms with Gasteiger partial charge in [0.05, 0.1) is 49.7 Å². The molecule has 268 valence electrons. The van der Waals surface area contributed by atoms with Crippen molar-refractivity contribution in [2.75, 3.05) is 26.4 Å². The zero-order valence-corrected chi connectivity index (χ0v) is 29.7. The number of esters is 2. The number of aliphatic hydroxyl groups excluding tert-OH is 2. The zero-order valence-electron chi connectivity index (χ0n) is 29.7. The lowest BCUT2D eigenvalue weighted by molar-refractivity contribution is -0.264. The zero-order chi connectivity index (χ0) is 36.3. The fraction of sp³-hybridized carbons (Fsp3) is 0.318. The molecule has 1 aliphatic carbocycles. The van der Waals surface area contributed by atoms with E-state index in [9.17, 15) is 19.8 Å². The first-order valence-electron chi connectivity index (χ1n) is 18.1. The van der Waals surface area contributed by atoms with Crippen molar-refractivity contribution in [3.63, 3.8) is 0 Å². The lowest BCUT2D eigenvalue weighted by Gasteiger charge is -2.78. The van der Waals surface area contributed by atoms with Crippen LogP contribution in [0, 0.1) is 10.8 Å². The summed E-state index contributed by atoms with van der Waals surface area (Å²) < 4.78 is 11.5. The summed E-state index contributed by atoms with van der Waals surface area (Å²) in [6.07, 6.45) is 3.78. The first-order valence-corrected chi connectivity index (χ1v) is 18.1. The molecule has 0 unspecified atom stereocenters. The van der Waals surface area contributed by atoms with Crippen LogP contribution in [0.25, 0.3) is 0 Å². The summed E-state index contributed by atoms with van der Waals surface area (Å²) in [6.45, 7) is 4.15. The molecule has 7 rings (SSSR count). The van der Waals surface area contributed by atoms with Crippen LogP contribution in [0.2, 0.25) is 0 Å². The van der Waals surface area contributed by atoms with Gasteiger partial charge in [-0.3, -0.25) is 0 Å². The molecule has 0 bridgehead atoms. The second-order valence-electron chi connectivity index (χ2n) is 14.0. The van der Waals surface area contributed by atoms with E-state index < -0.39 is 46.7 Å². The molecule has 0 spiro atoms. The number of nitrogens with zero attached hydrogens (tertiary/aromatic N) is 2. The lowest BCUT2D eigenvalue weighted by atomic mass is 9.34. The van der Waals surface area contributed by atoms with Crippen LogP contribution in [0.4, 0.5) is 0 Å². The number of ether oxygens (including phenoxy) is 2. The first kappa shape index (κ1) is 35.2. The van der Waals surface area contributed by atoms with E-state index in [0.29, 0.717) is 24.2 Å². The van der Waals surface area contributed by atoms with Gasteiger partial charge in [0.15, 0.2) is 0 Å². The Kier molecular flexibility index (Phi) is 10.0. The number of carbonyl (C=O) groups excluding carboxylic acids is 2. The SMILES string of the molecule is CCOC(=O)C1=CN(Cc2ccccc2)C2C(CO)(C3N(Cc4ccccc4)C=C(C(=O)OCC)[C@H](c4ccccc4)C23CO)[C@H]1c1ccccc1. The average molecular weight is 699 g/mol. The largest absolute Gasteiger partial charge is 0.463 e. The van der Waals surface area contributed by atoms with E-state index in [4.69, 9.17) is 9.47 Å². The number of hydrogen-bond acceptors (Lipinski definition) is 8. The summed E-state index contributed by atoms with van der Waals surface area (Å²) in [5.41, 5.74) is 2.51. The molecule has 2 aliphatic heterocycles. The van der Waals surface area contributed by atoms with Gasteiger partial charge >= 0.3 is 11.9 Å². The van der Waals surface area contributed by atoms with Crippen molar-refractivity contribution < 1.29 is 29.3 Å². The fourth-order valence-electron chi connectivity index (χ4n) is 9.74. The van der Waals surface area contributed by atoms with E-state index in [2.05, 4.69) is 9.80 Å². The molecule has 4 aromatic rings. The van der Waals surface area contributed by atoms with Crippen LogP contribution >= 0.6 is 0 Å². The van der Waals surface area contributed by atoms with Gasteiger partial charge in [0.2, 0.25) is 0 Å². The van der Waals surface area contributed by atoms with Crippen molar-refractivity contribution in [2.45, 2.75) is 50.9 Å². The molecule has 8 nitrogen and oxygen atoms in total.